The van der Waals surface area contributed by atoms with Gasteiger partial charge in [0.1, 0.15) is 0 Å². The molecule has 0 heterocycles. The van der Waals surface area contributed by atoms with Gasteiger partial charge in [-0.2, -0.15) is 0 Å². The Morgan fingerprint density at radius 1 is 1.20 bits per heavy atom. The van der Waals surface area contributed by atoms with Gasteiger partial charge in [-0.05, 0) is 0 Å². The molecular weight excluding hydrogens is 119 g/mol. The molecule has 0 radical (unpaired) electrons. The Bertz CT molecular complexity index is 94.9. The van der Waals surface area contributed by atoms with Gasteiger partial charge in [-0.15, -0.1) is 0 Å². The SMILES string of the molecule is CCCCCB=C(C)CC. The molecule has 0 aromatic rings. The maximum atomic E-state index is 2.37. The summed E-state index contributed by atoms with van der Waals surface area (Å²) in [6, 6.07) is 0. The quantitative estimate of drug-likeness (QED) is 0.404. The first kappa shape index (κ1) is 9.93. The second kappa shape index (κ2) is 7.05. The van der Waals surface area contributed by atoms with Crippen LogP contribution in [0.1, 0.15) is 46.5 Å². The van der Waals surface area contributed by atoms with Gasteiger partial charge in [0.15, 0.2) is 0 Å². The van der Waals surface area contributed by atoms with Crippen LogP contribution in [0.3, 0.4) is 0 Å². The zero-order chi connectivity index (χ0) is 7.82. The van der Waals surface area contributed by atoms with Crippen molar-refractivity contribution in [1.29, 1.82) is 0 Å². The van der Waals surface area contributed by atoms with Crippen molar-refractivity contribution in [2.75, 3.05) is 0 Å². The summed E-state index contributed by atoms with van der Waals surface area (Å²) in [5, 5.41) is 0. The summed E-state index contributed by atoms with van der Waals surface area (Å²) in [5.74, 6) is 0. The summed E-state index contributed by atoms with van der Waals surface area (Å²) in [4.78, 5) is 0. The molecule has 0 amide bonds. The Kier molecular flexibility index (Phi) is 7.00. The van der Waals surface area contributed by atoms with Crippen molar-refractivity contribution in [3.63, 3.8) is 0 Å². The van der Waals surface area contributed by atoms with Gasteiger partial charge in [0.05, 0.1) is 0 Å². The summed E-state index contributed by atoms with van der Waals surface area (Å²) < 4.78 is 0. The van der Waals surface area contributed by atoms with Crippen LogP contribution < -0.4 is 0 Å². The molecule has 0 spiro atoms. The zero-order valence-electron chi connectivity index (χ0n) is 7.61. The van der Waals surface area contributed by atoms with Crippen molar-refractivity contribution in [3.8, 4) is 0 Å². The van der Waals surface area contributed by atoms with Gasteiger partial charge in [-0.25, -0.2) is 0 Å². The molecule has 0 aliphatic rings. The number of hydrogen-bond donors (Lipinski definition) is 0. The van der Waals surface area contributed by atoms with E-state index in [1.807, 2.05) is 0 Å². The third-order valence-electron chi connectivity index (χ3n) is 1.86. The average molecular weight is 138 g/mol. The van der Waals surface area contributed by atoms with Crippen LogP contribution >= 0.6 is 0 Å². The molecule has 0 saturated carbocycles. The summed E-state index contributed by atoms with van der Waals surface area (Å²) in [6.45, 7) is 9.05. The molecule has 0 N–H and O–H groups in total. The molecule has 0 aliphatic carbocycles. The van der Waals surface area contributed by atoms with E-state index in [0.717, 1.165) is 0 Å². The van der Waals surface area contributed by atoms with Crippen molar-refractivity contribution >= 4 is 12.4 Å². The van der Waals surface area contributed by atoms with E-state index in [1.54, 1.807) is 0 Å². The van der Waals surface area contributed by atoms with E-state index in [0.29, 0.717) is 0 Å². The van der Waals surface area contributed by atoms with E-state index in [4.69, 9.17) is 0 Å². The predicted molar refractivity (Wildman–Crippen MR) is 51.1 cm³/mol. The third kappa shape index (κ3) is 6.06. The zero-order valence-corrected chi connectivity index (χ0v) is 7.61. The van der Waals surface area contributed by atoms with Gasteiger partial charge in [0.2, 0.25) is 0 Å². The molecule has 0 bridgehead atoms. The minimum atomic E-state index is 1.21. The molecule has 0 aromatic heterocycles. The van der Waals surface area contributed by atoms with Crippen molar-refractivity contribution in [2.24, 2.45) is 0 Å². The average Bonchev–Trinajstić information content (AvgIpc) is 1.98. The Hall–Kier alpha value is -0.0651. The molecule has 0 unspecified atom stereocenters. The Balaban J connectivity index is 3.16. The minimum absolute atomic E-state index is 1.21. The van der Waals surface area contributed by atoms with Crippen molar-refractivity contribution in [1.82, 2.24) is 0 Å². The van der Waals surface area contributed by atoms with Gasteiger partial charge < -0.3 is 0 Å². The topological polar surface area (TPSA) is 0 Å². The number of unbranched alkanes of at least 4 members (excludes halogenated alkanes) is 2. The van der Waals surface area contributed by atoms with E-state index in [9.17, 15) is 0 Å². The summed E-state index contributed by atoms with van der Waals surface area (Å²) >= 11 is 0. The third-order valence-corrected chi connectivity index (χ3v) is 1.86. The maximum absolute atomic E-state index is 2.37. The molecule has 0 fully saturated rings. The normalized spacial score (nSPS) is 11.3. The van der Waals surface area contributed by atoms with E-state index >= 15 is 0 Å². The first-order chi connectivity index (χ1) is 4.81. The predicted octanol–water partition coefficient (Wildman–Crippen LogP) is 2.90. The fraction of sp³-hybridized carbons (Fsp3) is 0.889. The molecule has 0 aromatic carbocycles. The molecule has 0 rings (SSSR count). The van der Waals surface area contributed by atoms with Crippen LogP contribution in [0.15, 0.2) is 0 Å². The summed E-state index contributed by atoms with van der Waals surface area (Å²) in [7, 11) is 0. The first-order valence-corrected chi connectivity index (χ1v) is 4.46. The van der Waals surface area contributed by atoms with Gasteiger partial charge in [-0.3, -0.25) is 0 Å². The standard InChI is InChI=1S/C9H19B/c1-4-6-7-8-10-9(3)5-2/h4-8H2,1-3H3. The van der Waals surface area contributed by atoms with E-state index < -0.39 is 0 Å². The van der Waals surface area contributed by atoms with Gasteiger partial charge in [0, 0.05) is 0 Å². The molecule has 0 aliphatic heterocycles. The number of hydrogen-bond acceptors (Lipinski definition) is 0. The van der Waals surface area contributed by atoms with Crippen molar-refractivity contribution in [3.05, 3.63) is 0 Å². The van der Waals surface area contributed by atoms with Crippen LogP contribution in [0.2, 0.25) is 6.32 Å². The fourth-order valence-corrected chi connectivity index (χ4v) is 0.887. The van der Waals surface area contributed by atoms with Crippen molar-refractivity contribution < 1.29 is 0 Å². The molecular formula is C9H19B. The van der Waals surface area contributed by atoms with Crippen LogP contribution in [-0.2, 0) is 0 Å². The second-order valence-corrected chi connectivity index (χ2v) is 2.90. The van der Waals surface area contributed by atoms with Crippen LogP contribution in [0.5, 0.6) is 0 Å². The van der Waals surface area contributed by atoms with Gasteiger partial charge in [0.25, 0.3) is 0 Å². The van der Waals surface area contributed by atoms with Crippen molar-refractivity contribution in [2.45, 2.75) is 52.8 Å². The first-order valence-electron chi connectivity index (χ1n) is 4.46. The summed E-state index contributed by atoms with van der Waals surface area (Å²) in [6.07, 6.45) is 6.58. The van der Waals surface area contributed by atoms with E-state index in [-0.39, 0.29) is 0 Å². The molecule has 0 nitrogen and oxygen atoms in total. The molecule has 0 saturated heterocycles. The van der Waals surface area contributed by atoms with Crippen LogP contribution in [0.25, 0.3) is 0 Å². The van der Waals surface area contributed by atoms with Gasteiger partial charge in [-0.1, -0.05) is 0 Å². The monoisotopic (exact) mass is 138 g/mol. The Labute approximate surface area is 65.9 Å². The second-order valence-electron chi connectivity index (χ2n) is 2.90. The number of rotatable bonds is 5. The summed E-state index contributed by atoms with van der Waals surface area (Å²) in [5.41, 5.74) is 1.54. The molecule has 1 heteroatoms. The van der Waals surface area contributed by atoms with Crippen LogP contribution in [0.4, 0.5) is 0 Å². The van der Waals surface area contributed by atoms with Gasteiger partial charge >= 0.3 is 65.2 Å². The Morgan fingerprint density at radius 2 is 1.90 bits per heavy atom. The van der Waals surface area contributed by atoms with E-state index in [1.165, 1.54) is 37.5 Å². The Morgan fingerprint density at radius 3 is 2.40 bits per heavy atom. The molecule has 0 atom stereocenters. The fourth-order valence-electron chi connectivity index (χ4n) is 0.887. The van der Waals surface area contributed by atoms with Crippen LogP contribution in [-0.4, -0.2) is 12.4 Å². The van der Waals surface area contributed by atoms with Crippen LogP contribution in [0, 0.1) is 0 Å². The molecule has 58 valence electrons. The van der Waals surface area contributed by atoms with E-state index in [2.05, 4.69) is 27.7 Å². The molecule has 10 heavy (non-hydrogen) atoms.